The standard InChI is InChI=1S/C35H33O3Si/c1-35(2,3)37-27-23-24-30(32(36)25-27)34(26-15-7-4-8-16-26)31-21-13-14-22-33(31)38-39(28-17-9-5-10-18-28)29-19-11-6-12-20-29/h4-25,34,36H,1-3H3. The first kappa shape index (κ1) is 26.3. The van der Waals surface area contributed by atoms with Crippen LogP contribution in [-0.2, 0) is 0 Å². The average molecular weight is 530 g/mol. The molecule has 0 saturated heterocycles. The predicted molar refractivity (Wildman–Crippen MR) is 161 cm³/mol. The molecule has 5 rings (SSSR count). The molecule has 1 unspecified atom stereocenters. The third-order valence-corrected chi connectivity index (χ3v) is 8.52. The molecule has 0 heterocycles. The molecule has 1 radical (unpaired) electrons. The van der Waals surface area contributed by atoms with Crippen LogP contribution < -0.4 is 19.5 Å². The highest BCUT2D eigenvalue weighted by Gasteiger charge is 2.27. The Morgan fingerprint density at radius 1 is 0.615 bits per heavy atom. The zero-order chi connectivity index (χ0) is 27.2. The van der Waals surface area contributed by atoms with Crippen LogP contribution in [0.5, 0.6) is 17.2 Å². The summed E-state index contributed by atoms with van der Waals surface area (Å²) in [6, 6.07) is 44.9. The number of aromatic hydroxyl groups is 1. The van der Waals surface area contributed by atoms with Crippen molar-refractivity contribution in [2.75, 3.05) is 0 Å². The lowest BCUT2D eigenvalue weighted by atomic mass is 9.84. The van der Waals surface area contributed by atoms with E-state index in [1.807, 2.05) is 81.4 Å². The van der Waals surface area contributed by atoms with Crippen molar-refractivity contribution in [3.05, 3.63) is 150 Å². The molecule has 4 heteroatoms. The molecule has 0 aliphatic rings. The monoisotopic (exact) mass is 529 g/mol. The lowest BCUT2D eigenvalue weighted by Crippen LogP contribution is -2.47. The zero-order valence-electron chi connectivity index (χ0n) is 22.5. The third-order valence-electron chi connectivity index (χ3n) is 6.38. The maximum Gasteiger partial charge on any atom is 0.352 e. The molecule has 0 aliphatic carbocycles. The van der Waals surface area contributed by atoms with E-state index in [1.54, 1.807) is 6.07 Å². The number of para-hydroxylation sites is 1. The summed E-state index contributed by atoms with van der Waals surface area (Å²) in [5.74, 6) is 1.40. The van der Waals surface area contributed by atoms with E-state index in [0.29, 0.717) is 5.75 Å². The van der Waals surface area contributed by atoms with E-state index in [0.717, 1.165) is 22.4 Å². The topological polar surface area (TPSA) is 38.7 Å². The molecule has 39 heavy (non-hydrogen) atoms. The summed E-state index contributed by atoms with van der Waals surface area (Å²) in [4.78, 5) is 0. The van der Waals surface area contributed by atoms with Crippen LogP contribution >= 0.6 is 0 Å². The van der Waals surface area contributed by atoms with Crippen LogP contribution in [-0.4, -0.2) is 19.7 Å². The van der Waals surface area contributed by atoms with Crippen LogP contribution in [0, 0.1) is 0 Å². The second-order valence-corrected chi connectivity index (χ2v) is 12.5. The lowest BCUT2D eigenvalue weighted by molar-refractivity contribution is 0.130. The molecule has 5 aromatic rings. The van der Waals surface area contributed by atoms with Crippen LogP contribution in [0.4, 0.5) is 0 Å². The number of hydrogen-bond acceptors (Lipinski definition) is 3. The summed E-state index contributed by atoms with van der Waals surface area (Å²) in [5, 5.41) is 13.6. The van der Waals surface area contributed by atoms with Gasteiger partial charge in [0.1, 0.15) is 22.8 Å². The fraction of sp³-hybridized carbons (Fsp3) is 0.143. The fourth-order valence-electron chi connectivity index (χ4n) is 4.74. The van der Waals surface area contributed by atoms with Crippen LogP contribution in [0.3, 0.4) is 0 Å². The third kappa shape index (κ3) is 6.41. The minimum atomic E-state index is -1.59. The number of phenols is 1. The summed E-state index contributed by atoms with van der Waals surface area (Å²) in [5.41, 5.74) is 2.51. The Bertz CT molecular complexity index is 1460. The van der Waals surface area contributed by atoms with Crippen molar-refractivity contribution in [2.24, 2.45) is 0 Å². The van der Waals surface area contributed by atoms with Crippen molar-refractivity contribution in [1.29, 1.82) is 0 Å². The molecule has 0 saturated carbocycles. The van der Waals surface area contributed by atoms with Gasteiger partial charge in [-0.05, 0) is 48.8 Å². The van der Waals surface area contributed by atoms with Crippen molar-refractivity contribution in [1.82, 2.24) is 0 Å². The van der Waals surface area contributed by atoms with Crippen molar-refractivity contribution >= 4 is 19.4 Å². The smallest absolute Gasteiger partial charge is 0.352 e. The van der Waals surface area contributed by atoms with Crippen LogP contribution in [0.2, 0.25) is 0 Å². The molecule has 3 nitrogen and oxygen atoms in total. The largest absolute Gasteiger partial charge is 0.532 e. The van der Waals surface area contributed by atoms with Gasteiger partial charge in [-0.2, -0.15) is 0 Å². The number of benzene rings is 5. The molecular weight excluding hydrogens is 496 g/mol. The molecular formula is C35H33O3Si. The Kier molecular flexibility index (Phi) is 7.85. The molecule has 5 aromatic carbocycles. The number of ether oxygens (including phenoxy) is 1. The number of hydrogen-bond donors (Lipinski definition) is 1. The van der Waals surface area contributed by atoms with E-state index in [-0.39, 0.29) is 17.3 Å². The van der Waals surface area contributed by atoms with Gasteiger partial charge in [0.05, 0.1) is 0 Å². The Balaban J connectivity index is 1.61. The Morgan fingerprint density at radius 3 is 1.72 bits per heavy atom. The minimum absolute atomic E-state index is 0.192. The SMILES string of the molecule is CC(C)(C)Oc1ccc(C(c2ccccc2)c2ccccc2O[Si](c2ccccc2)c2ccccc2)c(O)c1. The van der Waals surface area contributed by atoms with Gasteiger partial charge in [0, 0.05) is 23.1 Å². The Labute approximate surface area is 233 Å². The molecule has 0 fully saturated rings. The molecule has 0 amide bonds. The molecule has 195 valence electrons. The number of phenolic OH excluding ortho intramolecular Hbond substituents is 1. The zero-order valence-corrected chi connectivity index (χ0v) is 23.5. The maximum atomic E-state index is 11.3. The van der Waals surface area contributed by atoms with Crippen molar-refractivity contribution < 1.29 is 14.3 Å². The van der Waals surface area contributed by atoms with E-state index in [9.17, 15) is 5.11 Å². The van der Waals surface area contributed by atoms with Crippen LogP contribution in [0.25, 0.3) is 0 Å². The van der Waals surface area contributed by atoms with E-state index in [4.69, 9.17) is 9.16 Å². The summed E-state index contributed by atoms with van der Waals surface area (Å²) in [7, 11) is -1.59. The van der Waals surface area contributed by atoms with Gasteiger partial charge in [-0.3, -0.25) is 0 Å². The molecule has 0 bridgehead atoms. The fourth-order valence-corrected chi connectivity index (χ4v) is 6.71. The Hall–Kier alpha value is -4.28. The highest BCUT2D eigenvalue weighted by atomic mass is 28.3. The highest BCUT2D eigenvalue weighted by Crippen LogP contribution is 2.42. The molecule has 1 N–H and O–H groups in total. The van der Waals surface area contributed by atoms with Gasteiger partial charge in [0.25, 0.3) is 0 Å². The van der Waals surface area contributed by atoms with Crippen molar-refractivity contribution in [3.63, 3.8) is 0 Å². The van der Waals surface area contributed by atoms with E-state index in [1.165, 1.54) is 10.4 Å². The summed E-state index contributed by atoms with van der Waals surface area (Å²) >= 11 is 0. The second-order valence-electron chi connectivity index (χ2n) is 10.5. The van der Waals surface area contributed by atoms with Gasteiger partial charge >= 0.3 is 9.04 Å². The first-order chi connectivity index (χ1) is 18.9. The van der Waals surface area contributed by atoms with E-state index >= 15 is 0 Å². The molecule has 1 atom stereocenters. The molecule has 0 aromatic heterocycles. The van der Waals surface area contributed by atoms with Gasteiger partial charge in [0.2, 0.25) is 0 Å². The van der Waals surface area contributed by atoms with Crippen LogP contribution in [0.15, 0.2) is 133 Å². The van der Waals surface area contributed by atoms with Gasteiger partial charge in [-0.15, -0.1) is 0 Å². The first-order valence-electron chi connectivity index (χ1n) is 13.2. The highest BCUT2D eigenvalue weighted by molar-refractivity contribution is 6.80. The minimum Gasteiger partial charge on any atom is -0.532 e. The predicted octanol–water partition coefficient (Wildman–Crippen LogP) is 6.93. The average Bonchev–Trinajstić information content (AvgIpc) is 2.94. The van der Waals surface area contributed by atoms with Gasteiger partial charge < -0.3 is 14.3 Å². The summed E-state index contributed by atoms with van der Waals surface area (Å²) in [6.07, 6.45) is 0. The summed E-state index contributed by atoms with van der Waals surface area (Å²) < 4.78 is 13.0. The van der Waals surface area contributed by atoms with Gasteiger partial charge in [-0.25, -0.2) is 0 Å². The quantitative estimate of drug-likeness (QED) is 0.175. The molecule has 0 aliphatic heterocycles. The van der Waals surface area contributed by atoms with E-state index < -0.39 is 9.04 Å². The second kappa shape index (κ2) is 11.6. The number of rotatable bonds is 8. The van der Waals surface area contributed by atoms with Crippen LogP contribution in [0.1, 0.15) is 43.4 Å². The van der Waals surface area contributed by atoms with Gasteiger partial charge in [0.15, 0.2) is 0 Å². The first-order valence-corrected chi connectivity index (χ1v) is 14.6. The van der Waals surface area contributed by atoms with Crippen molar-refractivity contribution in [2.45, 2.75) is 32.3 Å². The normalized spacial score (nSPS) is 12.2. The Morgan fingerprint density at radius 2 is 1.15 bits per heavy atom. The lowest BCUT2D eigenvalue weighted by Gasteiger charge is -2.26. The van der Waals surface area contributed by atoms with E-state index in [2.05, 4.69) is 66.7 Å². The van der Waals surface area contributed by atoms with Gasteiger partial charge in [-0.1, -0.05) is 115 Å². The molecule has 0 spiro atoms. The van der Waals surface area contributed by atoms with Crippen molar-refractivity contribution in [3.8, 4) is 17.2 Å². The maximum absolute atomic E-state index is 11.3. The summed E-state index contributed by atoms with van der Waals surface area (Å²) in [6.45, 7) is 5.99.